The number of anilines is 3. The first-order valence-electron chi connectivity index (χ1n) is 20.5. The molecule has 1 nitrogen and oxygen atoms in total. The fraction of sp³-hybridized carbons (Fsp3) is 0. The van der Waals surface area contributed by atoms with Gasteiger partial charge in [-0.15, -0.1) is 11.3 Å². The van der Waals surface area contributed by atoms with E-state index in [1.807, 2.05) is 11.3 Å². The number of nitrogens with zero attached hydrogens (tertiary/aromatic N) is 1. The molecule has 0 aliphatic rings. The molecule has 0 amide bonds. The third kappa shape index (κ3) is 6.73. The Bertz CT molecular complexity index is 3290. The molecule has 0 unspecified atom stereocenters. The summed E-state index contributed by atoms with van der Waals surface area (Å²) in [5, 5.41) is 5.09. The monoisotopic (exact) mass is 781 g/mol. The average Bonchev–Trinajstić information content (AvgIpc) is 3.70. The summed E-state index contributed by atoms with van der Waals surface area (Å²) >= 11 is 1.85. The Kier molecular flexibility index (Phi) is 9.11. The molecule has 0 fully saturated rings. The molecule has 0 radical (unpaired) electrons. The van der Waals surface area contributed by atoms with Gasteiger partial charge in [0.1, 0.15) is 0 Å². The predicted octanol–water partition coefficient (Wildman–Crippen LogP) is 17.0. The van der Waals surface area contributed by atoms with Crippen LogP contribution in [0.5, 0.6) is 0 Å². The van der Waals surface area contributed by atoms with Crippen LogP contribution < -0.4 is 4.90 Å². The summed E-state index contributed by atoms with van der Waals surface area (Å²) in [5.41, 5.74) is 15.4. The molecule has 60 heavy (non-hydrogen) atoms. The molecule has 0 aliphatic heterocycles. The topological polar surface area (TPSA) is 3.24 Å². The highest BCUT2D eigenvalue weighted by Crippen LogP contribution is 2.44. The van der Waals surface area contributed by atoms with Crippen molar-refractivity contribution in [1.82, 2.24) is 0 Å². The maximum atomic E-state index is 2.42. The number of benzene rings is 10. The van der Waals surface area contributed by atoms with Crippen molar-refractivity contribution in [3.8, 4) is 55.6 Å². The predicted molar refractivity (Wildman–Crippen MR) is 259 cm³/mol. The Labute approximate surface area is 354 Å². The summed E-state index contributed by atoms with van der Waals surface area (Å²) in [6, 6.07) is 86.2. The molecule has 0 bridgehead atoms. The summed E-state index contributed by atoms with van der Waals surface area (Å²) in [5.74, 6) is 0. The lowest BCUT2D eigenvalue weighted by molar-refractivity contribution is 1.29. The van der Waals surface area contributed by atoms with Gasteiger partial charge in [-0.3, -0.25) is 0 Å². The zero-order valence-electron chi connectivity index (χ0n) is 32.9. The molecule has 0 spiro atoms. The van der Waals surface area contributed by atoms with E-state index in [2.05, 4.69) is 241 Å². The second-order valence-corrected chi connectivity index (χ2v) is 16.4. The molecule has 1 aromatic heterocycles. The third-order valence-corrected chi connectivity index (χ3v) is 12.8. The molecular formula is C58H39NS. The Balaban J connectivity index is 0.944. The van der Waals surface area contributed by atoms with E-state index in [-0.39, 0.29) is 0 Å². The lowest BCUT2D eigenvalue weighted by Gasteiger charge is -2.28. The summed E-state index contributed by atoms with van der Waals surface area (Å²) < 4.78 is 2.60. The minimum absolute atomic E-state index is 1.10. The van der Waals surface area contributed by atoms with Gasteiger partial charge in [0.2, 0.25) is 0 Å². The van der Waals surface area contributed by atoms with Crippen molar-refractivity contribution in [2.75, 3.05) is 4.90 Å². The minimum atomic E-state index is 1.10. The lowest BCUT2D eigenvalue weighted by Crippen LogP contribution is -2.11. The first-order chi connectivity index (χ1) is 29.7. The van der Waals surface area contributed by atoms with Gasteiger partial charge in [0, 0.05) is 37.1 Å². The van der Waals surface area contributed by atoms with E-state index in [0.29, 0.717) is 0 Å². The van der Waals surface area contributed by atoms with Crippen molar-refractivity contribution in [2.24, 2.45) is 0 Å². The fourth-order valence-electron chi connectivity index (χ4n) is 8.57. The van der Waals surface area contributed by atoms with Gasteiger partial charge in [0.05, 0.1) is 5.69 Å². The highest BCUT2D eigenvalue weighted by Gasteiger charge is 2.19. The maximum Gasteiger partial charge on any atom is 0.0540 e. The van der Waals surface area contributed by atoms with Crippen LogP contribution >= 0.6 is 11.3 Å². The fourth-order valence-corrected chi connectivity index (χ4v) is 9.66. The van der Waals surface area contributed by atoms with Crippen LogP contribution in [0, 0.1) is 0 Å². The van der Waals surface area contributed by atoms with E-state index in [1.54, 1.807) is 0 Å². The standard InChI is InChI=1S/C58H39NS/c1-2-11-40(12-3-1)42-25-28-46(29-26-42)53-17-6-8-19-56(53)59(52-35-36-58-55(39-52)54-18-7-9-20-57(54)60-58)51-33-31-44(32-34-51)43-21-23-45(24-22-43)48-15-10-16-49(37-48)50-30-27-41-13-4-5-14-47(41)38-50/h1-39H. The van der Waals surface area contributed by atoms with Crippen molar-refractivity contribution < 1.29 is 0 Å². The van der Waals surface area contributed by atoms with Crippen molar-refractivity contribution in [3.63, 3.8) is 0 Å². The Morgan fingerprint density at radius 1 is 0.267 bits per heavy atom. The SMILES string of the molecule is c1ccc(-c2ccc(-c3ccccc3N(c3ccc(-c4ccc(-c5cccc(-c6ccc7ccccc7c6)c5)cc4)cc3)c3ccc4sc5ccccc5c4c3)cc2)cc1. The summed E-state index contributed by atoms with van der Waals surface area (Å²) in [4.78, 5) is 2.42. The average molecular weight is 782 g/mol. The summed E-state index contributed by atoms with van der Waals surface area (Å²) in [6.07, 6.45) is 0. The molecular weight excluding hydrogens is 743 g/mol. The van der Waals surface area contributed by atoms with Crippen LogP contribution in [-0.2, 0) is 0 Å². The Morgan fingerprint density at radius 2 is 0.767 bits per heavy atom. The van der Waals surface area contributed by atoms with E-state index >= 15 is 0 Å². The van der Waals surface area contributed by atoms with Crippen molar-refractivity contribution in [1.29, 1.82) is 0 Å². The number of thiophene rings is 1. The van der Waals surface area contributed by atoms with Crippen molar-refractivity contribution in [2.45, 2.75) is 0 Å². The third-order valence-electron chi connectivity index (χ3n) is 11.7. The largest absolute Gasteiger partial charge is 0.310 e. The molecule has 282 valence electrons. The van der Waals surface area contributed by atoms with Crippen LogP contribution in [0.15, 0.2) is 237 Å². The van der Waals surface area contributed by atoms with Gasteiger partial charge in [-0.05, 0) is 115 Å². The van der Waals surface area contributed by atoms with Crippen molar-refractivity contribution >= 4 is 59.3 Å². The van der Waals surface area contributed by atoms with Gasteiger partial charge in [0.15, 0.2) is 0 Å². The Morgan fingerprint density at radius 3 is 1.53 bits per heavy atom. The summed E-state index contributed by atoms with van der Waals surface area (Å²) in [6.45, 7) is 0. The number of para-hydroxylation sites is 1. The van der Waals surface area contributed by atoms with E-state index in [9.17, 15) is 0 Å². The normalized spacial score (nSPS) is 11.3. The zero-order chi connectivity index (χ0) is 39.8. The van der Waals surface area contributed by atoms with E-state index in [4.69, 9.17) is 0 Å². The molecule has 0 saturated carbocycles. The molecule has 0 aliphatic carbocycles. The second kappa shape index (κ2) is 15.3. The number of rotatable bonds is 8. The van der Waals surface area contributed by atoms with Crippen LogP contribution in [0.1, 0.15) is 0 Å². The molecule has 0 atom stereocenters. The highest BCUT2D eigenvalue weighted by atomic mass is 32.1. The summed E-state index contributed by atoms with van der Waals surface area (Å²) in [7, 11) is 0. The first-order valence-corrected chi connectivity index (χ1v) is 21.3. The number of fused-ring (bicyclic) bond motifs is 4. The highest BCUT2D eigenvalue weighted by molar-refractivity contribution is 7.25. The molecule has 11 aromatic rings. The van der Waals surface area contributed by atoms with Gasteiger partial charge < -0.3 is 4.90 Å². The van der Waals surface area contributed by atoms with Crippen molar-refractivity contribution in [3.05, 3.63) is 237 Å². The van der Waals surface area contributed by atoms with Gasteiger partial charge in [-0.2, -0.15) is 0 Å². The van der Waals surface area contributed by atoms with E-state index in [1.165, 1.54) is 86.6 Å². The van der Waals surface area contributed by atoms with Gasteiger partial charge in [-0.25, -0.2) is 0 Å². The van der Waals surface area contributed by atoms with Crippen LogP contribution in [0.3, 0.4) is 0 Å². The lowest BCUT2D eigenvalue weighted by atomic mass is 9.96. The number of hydrogen-bond donors (Lipinski definition) is 0. The minimum Gasteiger partial charge on any atom is -0.310 e. The van der Waals surface area contributed by atoms with Gasteiger partial charge in [0.25, 0.3) is 0 Å². The molecule has 0 saturated heterocycles. The second-order valence-electron chi connectivity index (χ2n) is 15.3. The van der Waals surface area contributed by atoms with Crippen LogP contribution in [0.4, 0.5) is 17.1 Å². The molecule has 2 heteroatoms. The van der Waals surface area contributed by atoms with Crippen LogP contribution in [0.25, 0.3) is 86.6 Å². The molecule has 10 aromatic carbocycles. The quantitative estimate of drug-likeness (QED) is 0.148. The molecule has 11 rings (SSSR count). The first kappa shape index (κ1) is 35.6. The maximum absolute atomic E-state index is 2.42. The zero-order valence-corrected chi connectivity index (χ0v) is 33.7. The van der Waals surface area contributed by atoms with Gasteiger partial charge >= 0.3 is 0 Å². The van der Waals surface area contributed by atoms with Crippen LogP contribution in [0.2, 0.25) is 0 Å². The van der Waals surface area contributed by atoms with Crippen LogP contribution in [-0.4, -0.2) is 0 Å². The number of hydrogen-bond acceptors (Lipinski definition) is 2. The van der Waals surface area contributed by atoms with E-state index in [0.717, 1.165) is 17.1 Å². The smallest absolute Gasteiger partial charge is 0.0540 e. The van der Waals surface area contributed by atoms with Gasteiger partial charge in [-0.1, -0.05) is 182 Å². The molecule has 1 heterocycles. The Hall–Kier alpha value is -7.52. The van der Waals surface area contributed by atoms with E-state index < -0.39 is 0 Å². The molecule has 0 N–H and O–H groups in total.